The summed E-state index contributed by atoms with van der Waals surface area (Å²) in [6.07, 6.45) is 2.27. The van der Waals surface area contributed by atoms with Gasteiger partial charge in [0.05, 0.1) is 12.9 Å². The zero-order valence-corrected chi connectivity index (χ0v) is 6.16. The SMILES string of the molecule is CCOC=CC(=O)NC(N)=O. The van der Waals surface area contributed by atoms with Gasteiger partial charge in [-0.15, -0.1) is 0 Å². The Morgan fingerprint density at radius 1 is 1.64 bits per heavy atom. The number of primary amides is 1. The average molecular weight is 158 g/mol. The molecule has 0 atom stereocenters. The molecule has 0 radical (unpaired) electrons. The number of hydrogen-bond acceptors (Lipinski definition) is 3. The number of urea groups is 1. The van der Waals surface area contributed by atoms with E-state index in [9.17, 15) is 9.59 Å². The molecule has 0 fully saturated rings. The molecule has 0 aromatic rings. The Hall–Kier alpha value is -1.52. The Morgan fingerprint density at radius 2 is 2.27 bits per heavy atom. The predicted octanol–water partition coefficient (Wildman–Crippen LogP) is -0.268. The fourth-order valence-corrected chi connectivity index (χ4v) is 0.369. The van der Waals surface area contributed by atoms with Crippen LogP contribution in [0.5, 0.6) is 0 Å². The first-order chi connectivity index (χ1) is 5.16. The topological polar surface area (TPSA) is 81.4 Å². The van der Waals surface area contributed by atoms with Crippen molar-refractivity contribution >= 4 is 11.9 Å². The lowest BCUT2D eigenvalue weighted by Gasteiger charge is -1.93. The summed E-state index contributed by atoms with van der Waals surface area (Å²) in [5, 5.41) is 1.83. The minimum atomic E-state index is -0.879. The Kier molecular flexibility index (Phi) is 4.55. The van der Waals surface area contributed by atoms with E-state index in [0.29, 0.717) is 6.61 Å². The van der Waals surface area contributed by atoms with Crippen LogP contribution in [0.4, 0.5) is 4.79 Å². The number of hydrogen-bond donors (Lipinski definition) is 2. The van der Waals surface area contributed by atoms with Crippen molar-refractivity contribution in [1.29, 1.82) is 0 Å². The van der Waals surface area contributed by atoms with Gasteiger partial charge in [0.25, 0.3) is 5.91 Å². The van der Waals surface area contributed by atoms with Crippen molar-refractivity contribution in [3.05, 3.63) is 12.3 Å². The van der Waals surface area contributed by atoms with Crippen molar-refractivity contribution in [2.24, 2.45) is 5.73 Å². The lowest BCUT2D eigenvalue weighted by Crippen LogP contribution is -2.33. The van der Waals surface area contributed by atoms with Crippen molar-refractivity contribution in [3.63, 3.8) is 0 Å². The molecule has 62 valence electrons. The number of nitrogens with one attached hydrogen (secondary N) is 1. The Bertz CT molecular complexity index is 177. The van der Waals surface area contributed by atoms with E-state index in [0.717, 1.165) is 6.08 Å². The zero-order valence-electron chi connectivity index (χ0n) is 6.16. The molecule has 0 spiro atoms. The number of imide groups is 1. The van der Waals surface area contributed by atoms with Gasteiger partial charge < -0.3 is 10.5 Å². The maximum absolute atomic E-state index is 10.5. The first kappa shape index (κ1) is 9.48. The second-order valence-electron chi connectivity index (χ2n) is 1.61. The average Bonchev–Trinajstić information content (AvgIpc) is 1.86. The van der Waals surface area contributed by atoms with Gasteiger partial charge in [-0.3, -0.25) is 10.1 Å². The minimum absolute atomic E-state index is 0.473. The van der Waals surface area contributed by atoms with Gasteiger partial charge in [-0.1, -0.05) is 0 Å². The van der Waals surface area contributed by atoms with Crippen LogP contribution in [0.1, 0.15) is 6.92 Å². The number of nitrogens with two attached hydrogens (primary N) is 1. The second-order valence-corrected chi connectivity index (χ2v) is 1.61. The quantitative estimate of drug-likeness (QED) is 0.438. The van der Waals surface area contributed by atoms with E-state index in [1.165, 1.54) is 6.26 Å². The summed E-state index contributed by atoms with van der Waals surface area (Å²) < 4.78 is 4.69. The number of carbonyl (C=O) groups excluding carboxylic acids is 2. The second kappa shape index (κ2) is 5.28. The molecule has 0 rings (SSSR count). The summed E-state index contributed by atoms with van der Waals surface area (Å²) >= 11 is 0. The highest BCUT2D eigenvalue weighted by Crippen LogP contribution is 1.76. The molecule has 0 aliphatic heterocycles. The van der Waals surface area contributed by atoms with Gasteiger partial charge in [-0.25, -0.2) is 4.79 Å². The van der Waals surface area contributed by atoms with Gasteiger partial charge >= 0.3 is 6.03 Å². The van der Waals surface area contributed by atoms with Crippen molar-refractivity contribution in [2.75, 3.05) is 6.61 Å². The highest BCUT2D eigenvalue weighted by atomic mass is 16.5. The molecule has 3 N–H and O–H groups in total. The standard InChI is InChI=1S/C6H10N2O3/c1-2-11-4-3-5(9)8-6(7)10/h3-4H,2H2,1H3,(H3,7,8,9,10). The first-order valence-corrected chi connectivity index (χ1v) is 3.05. The van der Waals surface area contributed by atoms with Crippen LogP contribution < -0.4 is 11.1 Å². The van der Waals surface area contributed by atoms with Crippen molar-refractivity contribution in [1.82, 2.24) is 5.32 Å². The number of amides is 3. The van der Waals surface area contributed by atoms with E-state index in [-0.39, 0.29) is 0 Å². The van der Waals surface area contributed by atoms with Crippen molar-refractivity contribution < 1.29 is 14.3 Å². The van der Waals surface area contributed by atoms with E-state index in [4.69, 9.17) is 4.74 Å². The molecule has 0 bridgehead atoms. The highest BCUT2D eigenvalue weighted by molar-refractivity contribution is 5.99. The van der Waals surface area contributed by atoms with Crippen molar-refractivity contribution in [3.8, 4) is 0 Å². The Balaban J connectivity index is 3.60. The predicted molar refractivity (Wildman–Crippen MR) is 38.5 cm³/mol. The lowest BCUT2D eigenvalue weighted by atomic mass is 10.6. The van der Waals surface area contributed by atoms with Gasteiger partial charge in [0.1, 0.15) is 0 Å². The summed E-state index contributed by atoms with van der Waals surface area (Å²) in [6, 6.07) is -0.879. The molecule has 11 heavy (non-hydrogen) atoms. The normalized spacial score (nSPS) is 9.55. The number of carbonyl (C=O) groups is 2. The van der Waals surface area contributed by atoms with Crippen LogP contribution in [-0.2, 0) is 9.53 Å². The summed E-state index contributed by atoms with van der Waals surface area (Å²) in [4.78, 5) is 20.6. The number of ether oxygens (including phenoxy) is 1. The molecule has 0 aromatic heterocycles. The third kappa shape index (κ3) is 6.36. The lowest BCUT2D eigenvalue weighted by molar-refractivity contribution is -0.115. The van der Waals surface area contributed by atoms with Gasteiger partial charge in [0.15, 0.2) is 0 Å². The maximum atomic E-state index is 10.5. The molecule has 0 saturated heterocycles. The molecule has 0 aliphatic carbocycles. The molecule has 5 heteroatoms. The summed E-state index contributed by atoms with van der Waals surface area (Å²) in [5.74, 6) is -0.592. The largest absolute Gasteiger partial charge is 0.501 e. The first-order valence-electron chi connectivity index (χ1n) is 3.05. The zero-order chi connectivity index (χ0) is 8.69. The summed E-state index contributed by atoms with van der Waals surface area (Å²) in [7, 11) is 0. The van der Waals surface area contributed by atoms with Crippen LogP contribution in [0.25, 0.3) is 0 Å². The van der Waals surface area contributed by atoms with Crippen LogP contribution in [0.2, 0.25) is 0 Å². The third-order valence-electron chi connectivity index (χ3n) is 0.729. The Morgan fingerprint density at radius 3 is 2.73 bits per heavy atom. The third-order valence-corrected chi connectivity index (χ3v) is 0.729. The molecule has 0 aliphatic rings. The smallest absolute Gasteiger partial charge is 0.319 e. The molecular formula is C6H10N2O3. The Labute approximate surface area is 64.2 Å². The molecule has 3 amide bonds. The van der Waals surface area contributed by atoms with Gasteiger partial charge in [-0.05, 0) is 6.92 Å². The van der Waals surface area contributed by atoms with Gasteiger partial charge in [-0.2, -0.15) is 0 Å². The van der Waals surface area contributed by atoms with Crippen LogP contribution in [0.3, 0.4) is 0 Å². The van der Waals surface area contributed by atoms with Crippen LogP contribution >= 0.6 is 0 Å². The molecule has 0 saturated carbocycles. The van der Waals surface area contributed by atoms with Crippen LogP contribution in [0, 0.1) is 0 Å². The van der Waals surface area contributed by atoms with E-state index < -0.39 is 11.9 Å². The number of rotatable bonds is 3. The summed E-state index contributed by atoms with van der Waals surface area (Å²) in [5.41, 5.74) is 4.65. The van der Waals surface area contributed by atoms with Gasteiger partial charge in [0, 0.05) is 6.08 Å². The molecule has 0 aromatic carbocycles. The molecule has 0 unspecified atom stereocenters. The fourth-order valence-electron chi connectivity index (χ4n) is 0.369. The molecule has 5 nitrogen and oxygen atoms in total. The van der Waals surface area contributed by atoms with Crippen LogP contribution in [0.15, 0.2) is 12.3 Å². The van der Waals surface area contributed by atoms with E-state index in [1.54, 1.807) is 6.92 Å². The monoisotopic (exact) mass is 158 g/mol. The highest BCUT2D eigenvalue weighted by Gasteiger charge is 1.96. The van der Waals surface area contributed by atoms with Gasteiger partial charge in [0.2, 0.25) is 0 Å². The van der Waals surface area contributed by atoms with E-state index in [1.807, 2.05) is 5.32 Å². The maximum Gasteiger partial charge on any atom is 0.319 e. The summed E-state index contributed by atoms with van der Waals surface area (Å²) in [6.45, 7) is 2.25. The fraction of sp³-hybridized carbons (Fsp3) is 0.333. The molecule has 0 heterocycles. The molecular weight excluding hydrogens is 148 g/mol. The van der Waals surface area contributed by atoms with Crippen LogP contribution in [-0.4, -0.2) is 18.5 Å². The minimum Gasteiger partial charge on any atom is -0.501 e. The van der Waals surface area contributed by atoms with Crippen molar-refractivity contribution in [2.45, 2.75) is 6.92 Å². The van der Waals surface area contributed by atoms with E-state index in [2.05, 4.69) is 5.73 Å². The van der Waals surface area contributed by atoms with E-state index >= 15 is 0 Å².